The molecule has 3 aromatic rings. The summed E-state index contributed by atoms with van der Waals surface area (Å²) >= 11 is 13.8. The molecule has 1 saturated heterocycles. The molecule has 0 unspecified atom stereocenters. The number of thioether (sulfide) groups is 1. The van der Waals surface area contributed by atoms with E-state index in [-0.39, 0.29) is 12.0 Å². The third-order valence-electron chi connectivity index (χ3n) is 5.48. The van der Waals surface area contributed by atoms with Crippen molar-refractivity contribution in [3.8, 4) is 0 Å². The molecule has 1 aliphatic heterocycles. The molecule has 0 saturated carbocycles. The van der Waals surface area contributed by atoms with Crippen LogP contribution in [0.5, 0.6) is 0 Å². The highest BCUT2D eigenvalue weighted by Crippen LogP contribution is 2.29. The van der Waals surface area contributed by atoms with Gasteiger partial charge in [0.25, 0.3) is 5.91 Å². The zero-order valence-corrected chi connectivity index (χ0v) is 20.7. The molecule has 0 N–H and O–H groups in total. The maximum Gasteiger partial charge on any atom is 0.260 e. The van der Waals surface area contributed by atoms with Crippen molar-refractivity contribution in [1.29, 1.82) is 0 Å². The summed E-state index contributed by atoms with van der Waals surface area (Å²) in [5.74, 6) is 0.936. The van der Waals surface area contributed by atoms with Crippen LogP contribution < -0.4 is 0 Å². The van der Waals surface area contributed by atoms with E-state index in [1.165, 1.54) is 5.56 Å². The van der Waals surface area contributed by atoms with E-state index < -0.39 is 0 Å². The number of rotatable bonds is 7. The van der Waals surface area contributed by atoms with Crippen molar-refractivity contribution >= 4 is 46.9 Å². The fourth-order valence-corrected chi connectivity index (χ4v) is 4.91. The van der Waals surface area contributed by atoms with E-state index >= 15 is 0 Å². The molecular weight excluding hydrogens is 473 g/mol. The van der Waals surface area contributed by atoms with E-state index in [2.05, 4.69) is 19.1 Å². The summed E-state index contributed by atoms with van der Waals surface area (Å²) in [6, 6.07) is 23.5. The van der Waals surface area contributed by atoms with E-state index in [4.69, 9.17) is 27.9 Å². The van der Waals surface area contributed by atoms with Gasteiger partial charge in [0.2, 0.25) is 0 Å². The zero-order chi connectivity index (χ0) is 23.2. The normalized spacial score (nSPS) is 15.5. The first-order valence-corrected chi connectivity index (χ1v) is 12.6. The molecule has 3 nitrogen and oxygen atoms in total. The number of aryl methyl sites for hydroxylation is 1. The molecule has 33 heavy (non-hydrogen) atoms. The number of ether oxygens (including phenoxy) is 1. The van der Waals surface area contributed by atoms with Crippen LogP contribution in [0.1, 0.15) is 28.4 Å². The number of amides is 1. The second-order valence-electron chi connectivity index (χ2n) is 7.91. The van der Waals surface area contributed by atoms with E-state index in [0.29, 0.717) is 29.7 Å². The second-order valence-corrected chi connectivity index (χ2v) is 9.92. The first kappa shape index (κ1) is 23.9. The standard InChI is InChI=1S/C27H25Cl2NO2S/c1-19-2-4-20(5-3-19)18-25-27(31)30(15-17-33-25)14-16-32-26(21-6-10-23(28)11-7-21)22-8-12-24(29)13-9-22/h2-13,18,26H,14-17H2,1H3. The van der Waals surface area contributed by atoms with Crippen LogP contribution in [0.3, 0.4) is 0 Å². The number of hydrogen-bond donors (Lipinski definition) is 0. The lowest BCUT2D eigenvalue weighted by molar-refractivity contribution is -0.127. The Balaban J connectivity index is 1.43. The monoisotopic (exact) mass is 497 g/mol. The van der Waals surface area contributed by atoms with E-state index in [9.17, 15) is 4.79 Å². The van der Waals surface area contributed by atoms with Crippen molar-refractivity contribution in [3.63, 3.8) is 0 Å². The highest BCUT2D eigenvalue weighted by molar-refractivity contribution is 8.04. The van der Waals surface area contributed by atoms with Crippen LogP contribution >= 0.6 is 35.0 Å². The zero-order valence-electron chi connectivity index (χ0n) is 18.3. The molecule has 0 bridgehead atoms. The van der Waals surface area contributed by atoms with Crippen LogP contribution in [0, 0.1) is 6.92 Å². The first-order chi connectivity index (χ1) is 16.0. The summed E-state index contributed by atoms with van der Waals surface area (Å²) in [4.78, 5) is 15.7. The molecule has 1 amide bonds. The minimum absolute atomic E-state index is 0.0601. The smallest absolute Gasteiger partial charge is 0.260 e. The topological polar surface area (TPSA) is 29.5 Å². The average Bonchev–Trinajstić information content (AvgIpc) is 2.82. The van der Waals surface area contributed by atoms with Crippen LogP contribution in [0.4, 0.5) is 0 Å². The molecule has 0 atom stereocenters. The number of carbonyl (C=O) groups is 1. The summed E-state index contributed by atoms with van der Waals surface area (Å²) in [6.07, 6.45) is 1.71. The molecule has 1 fully saturated rings. The van der Waals surface area contributed by atoms with Crippen molar-refractivity contribution in [2.24, 2.45) is 0 Å². The second kappa shape index (κ2) is 11.3. The fraction of sp³-hybridized carbons (Fsp3) is 0.222. The average molecular weight is 498 g/mol. The van der Waals surface area contributed by atoms with E-state index in [0.717, 1.165) is 27.3 Å². The van der Waals surface area contributed by atoms with Gasteiger partial charge in [-0.2, -0.15) is 0 Å². The number of halogens is 2. The van der Waals surface area contributed by atoms with Crippen molar-refractivity contribution in [2.45, 2.75) is 13.0 Å². The molecule has 1 heterocycles. The van der Waals surface area contributed by atoms with Gasteiger partial charge in [0, 0.05) is 28.9 Å². The number of carbonyl (C=O) groups excluding carboxylic acids is 1. The molecule has 3 aromatic carbocycles. The lowest BCUT2D eigenvalue weighted by Crippen LogP contribution is -2.39. The third kappa shape index (κ3) is 6.42. The lowest BCUT2D eigenvalue weighted by Gasteiger charge is -2.29. The van der Waals surface area contributed by atoms with Crippen LogP contribution in [0.25, 0.3) is 6.08 Å². The first-order valence-electron chi connectivity index (χ1n) is 10.8. The van der Waals surface area contributed by atoms with Gasteiger partial charge in [-0.1, -0.05) is 77.3 Å². The SMILES string of the molecule is Cc1ccc(C=C2SCCN(CCOC(c3ccc(Cl)cc3)c3ccc(Cl)cc3)C2=O)cc1. The Labute approximate surface area is 209 Å². The molecule has 0 radical (unpaired) electrons. The van der Waals surface area contributed by atoms with Crippen LogP contribution in [0.2, 0.25) is 10.0 Å². The Kier molecular flexibility index (Phi) is 8.15. The maximum atomic E-state index is 13.0. The van der Waals surface area contributed by atoms with Crippen molar-refractivity contribution in [2.75, 3.05) is 25.4 Å². The Bertz CT molecular complexity index is 1070. The van der Waals surface area contributed by atoms with Crippen LogP contribution in [-0.2, 0) is 9.53 Å². The Hall–Kier alpha value is -2.24. The van der Waals surface area contributed by atoms with Crippen molar-refractivity contribution in [1.82, 2.24) is 4.90 Å². The summed E-state index contributed by atoms with van der Waals surface area (Å²) in [5, 5.41) is 1.36. The Morgan fingerprint density at radius 1 is 0.939 bits per heavy atom. The summed E-state index contributed by atoms with van der Waals surface area (Å²) in [7, 11) is 0. The van der Waals surface area contributed by atoms with Crippen molar-refractivity contribution in [3.05, 3.63) is 110 Å². The van der Waals surface area contributed by atoms with Gasteiger partial charge in [0.1, 0.15) is 6.10 Å². The maximum absolute atomic E-state index is 13.0. The minimum atomic E-state index is -0.267. The number of nitrogens with zero attached hydrogens (tertiary/aromatic N) is 1. The van der Waals surface area contributed by atoms with Crippen molar-refractivity contribution < 1.29 is 9.53 Å². The van der Waals surface area contributed by atoms with Gasteiger partial charge in [-0.3, -0.25) is 4.79 Å². The molecule has 0 aromatic heterocycles. The van der Waals surface area contributed by atoms with Gasteiger partial charge in [-0.15, -0.1) is 11.8 Å². The molecule has 170 valence electrons. The summed E-state index contributed by atoms with van der Waals surface area (Å²) in [5.41, 5.74) is 4.25. The summed E-state index contributed by atoms with van der Waals surface area (Å²) < 4.78 is 6.31. The largest absolute Gasteiger partial charge is 0.367 e. The molecule has 0 spiro atoms. The predicted octanol–water partition coefficient (Wildman–Crippen LogP) is 7.02. The lowest BCUT2D eigenvalue weighted by atomic mass is 10.0. The Morgan fingerprint density at radius 3 is 2.09 bits per heavy atom. The predicted molar refractivity (Wildman–Crippen MR) is 139 cm³/mol. The molecule has 4 rings (SSSR count). The number of benzene rings is 3. The number of hydrogen-bond acceptors (Lipinski definition) is 3. The van der Waals surface area contributed by atoms with Gasteiger partial charge in [-0.05, 0) is 54.0 Å². The summed E-state index contributed by atoms with van der Waals surface area (Å²) in [6.45, 7) is 3.72. The highest BCUT2D eigenvalue weighted by atomic mass is 35.5. The van der Waals surface area contributed by atoms with Gasteiger partial charge in [0.05, 0.1) is 11.5 Å². The van der Waals surface area contributed by atoms with Crippen LogP contribution in [-0.4, -0.2) is 36.3 Å². The van der Waals surface area contributed by atoms with Crippen LogP contribution in [0.15, 0.2) is 77.7 Å². The molecule has 6 heteroatoms. The molecular formula is C27H25Cl2NO2S. The molecule has 0 aliphatic carbocycles. The van der Waals surface area contributed by atoms with E-state index in [1.807, 2.05) is 71.6 Å². The quantitative estimate of drug-likeness (QED) is 0.328. The van der Waals surface area contributed by atoms with Gasteiger partial charge >= 0.3 is 0 Å². The van der Waals surface area contributed by atoms with Gasteiger partial charge in [-0.25, -0.2) is 0 Å². The van der Waals surface area contributed by atoms with Gasteiger partial charge in [0.15, 0.2) is 0 Å². The minimum Gasteiger partial charge on any atom is -0.367 e. The third-order valence-corrected chi connectivity index (χ3v) is 6.98. The molecule has 1 aliphatic rings. The highest BCUT2D eigenvalue weighted by Gasteiger charge is 2.24. The Morgan fingerprint density at radius 2 is 1.52 bits per heavy atom. The van der Waals surface area contributed by atoms with Gasteiger partial charge < -0.3 is 9.64 Å². The fourth-order valence-electron chi connectivity index (χ4n) is 3.66. The van der Waals surface area contributed by atoms with E-state index in [1.54, 1.807) is 11.8 Å².